The summed E-state index contributed by atoms with van der Waals surface area (Å²) in [6.07, 6.45) is 0. The molecule has 1 unspecified atom stereocenters. The monoisotopic (exact) mass is 300 g/mol. The van der Waals surface area contributed by atoms with E-state index in [9.17, 15) is 8.42 Å². The van der Waals surface area contributed by atoms with Crippen molar-refractivity contribution in [2.75, 3.05) is 25.0 Å². The van der Waals surface area contributed by atoms with Crippen LogP contribution in [0.2, 0.25) is 0 Å². The summed E-state index contributed by atoms with van der Waals surface area (Å²) < 4.78 is 31.3. The van der Waals surface area contributed by atoms with E-state index in [2.05, 4.69) is 5.32 Å². The third kappa shape index (κ3) is 4.11. The molecule has 0 aliphatic heterocycles. The molecule has 0 saturated heterocycles. The zero-order valence-corrected chi connectivity index (χ0v) is 13.6. The molecule has 1 aromatic rings. The maximum absolute atomic E-state index is 12.5. The zero-order chi connectivity index (χ0) is 15.3. The number of benzene rings is 1. The van der Waals surface area contributed by atoms with Crippen molar-refractivity contribution in [1.82, 2.24) is 5.32 Å². The minimum Gasteiger partial charge on any atom is -0.497 e. The van der Waals surface area contributed by atoms with Gasteiger partial charge in [0.2, 0.25) is 10.0 Å². The Hall–Kier alpha value is -1.27. The summed E-state index contributed by atoms with van der Waals surface area (Å²) in [6, 6.07) is 7.23. The molecule has 1 aromatic carbocycles. The van der Waals surface area contributed by atoms with Gasteiger partial charge in [0.25, 0.3) is 0 Å². The molecule has 0 heterocycles. The van der Waals surface area contributed by atoms with E-state index in [-0.39, 0.29) is 6.04 Å². The van der Waals surface area contributed by atoms with Gasteiger partial charge in [-0.15, -0.1) is 0 Å². The second-order valence-corrected chi connectivity index (χ2v) is 7.47. The minimum absolute atomic E-state index is 0.263. The third-order valence-corrected chi connectivity index (χ3v) is 5.30. The van der Waals surface area contributed by atoms with Crippen LogP contribution in [0.1, 0.15) is 20.8 Å². The van der Waals surface area contributed by atoms with Gasteiger partial charge in [0.05, 0.1) is 18.0 Å². The molecule has 0 spiro atoms. The van der Waals surface area contributed by atoms with E-state index in [0.717, 1.165) is 0 Å². The Morgan fingerprint density at radius 3 is 2.20 bits per heavy atom. The van der Waals surface area contributed by atoms with Crippen molar-refractivity contribution in [3.8, 4) is 5.75 Å². The molecule has 0 amide bonds. The number of anilines is 1. The van der Waals surface area contributed by atoms with Gasteiger partial charge in [-0.2, -0.15) is 0 Å². The first-order valence-corrected chi connectivity index (χ1v) is 8.14. The molecule has 0 saturated carbocycles. The van der Waals surface area contributed by atoms with Gasteiger partial charge in [-0.3, -0.25) is 4.31 Å². The van der Waals surface area contributed by atoms with Crippen LogP contribution in [0, 0.1) is 0 Å². The standard InChI is InChI=1S/C14H24N2O3S/c1-11(2)15-10-12(3)20(17,18)16(4)13-6-8-14(19-5)9-7-13/h6-9,11-12,15H,10H2,1-5H3. The fourth-order valence-corrected chi connectivity index (χ4v) is 2.98. The molecule has 0 aromatic heterocycles. The molecular weight excluding hydrogens is 276 g/mol. The largest absolute Gasteiger partial charge is 0.497 e. The first-order chi connectivity index (χ1) is 9.28. The molecule has 1 atom stereocenters. The van der Waals surface area contributed by atoms with Crippen LogP contribution in [0.4, 0.5) is 5.69 Å². The molecule has 114 valence electrons. The highest BCUT2D eigenvalue weighted by Crippen LogP contribution is 2.22. The van der Waals surface area contributed by atoms with Crippen LogP contribution in [0.3, 0.4) is 0 Å². The van der Waals surface area contributed by atoms with Crippen molar-refractivity contribution >= 4 is 15.7 Å². The highest BCUT2D eigenvalue weighted by atomic mass is 32.2. The fraction of sp³-hybridized carbons (Fsp3) is 0.571. The first kappa shape index (κ1) is 16.8. The first-order valence-electron chi connectivity index (χ1n) is 6.64. The molecule has 0 fully saturated rings. The predicted octanol–water partition coefficient (Wildman–Crippen LogP) is 1.85. The highest BCUT2D eigenvalue weighted by molar-refractivity contribution is 7.93. The number of methoxy groups -OCH3 is 1. The number of hydrogen-bond acceptors (Lipinski definition) is 4. The topological polar surface area (TPSA) is 58.6 Å². The Kier molecular flexibility index (Phi) is 5.83. The van der Waals surface area contributed by atoms with Gasteiger partial charge in [0, 0.05) is 19.6 Å². The summed E-state index contributed by atoms with van der Waals surface area (Å²) in [5.41, 5.74) is 0.627. The molecule has 0 aliphatic rings. The Bertz CT molecular complexity index is 512. The van der Waals surface area contributed by atoms with Crippen molar-refractivity contribution in [2.45, 2.75) is 32.1 Å². The van der Waals surface area contributed by atoms with Crippen molar-refractivity contribution in [3.05, 3.63) is 24.3 Å². The second kappa shape index (κ2) is 6.95. The van der Waals surface area contributed by atoms with Gasteiger partial charge in [0.15, 0.2) is 0 Å². The second-order valence-electron chi connectivity index (χ2n) is 5.08. The average molecular weight is 300 g/mol. The summed E-state index contributed by atoms with van der Waals surface area (Å²) in [6.45, 7) is 6.13. The Morgan fingerprint density at radius 1 is 1.20 bits per heavy atom. The van der Waals surface area contributed by atoms with Crippen molar-refractivity contribution in [2.24, 2.45) is 0 Å². The molecule has 0 radical (unpaired) electrons. The quantitative estimate of drug-likeness (QED) is 0.835. The maximum Gasteiger partial charge on any atom is 0.238 e. The SMILES string of the molecule is COc1ccc(N(C)S(=O)(=O)C(C)CNC(C)C)cc1. The number of nitrogens with one attached hydrogen (secondary N) is 1. The molecule has 1 rings (SSSR count). The predicted molar refractivity (Wildman–Crippen MR) is 82.9 cm³/mol. The summed E-state index contributed by atoms with van der Waals surface area (Å²) in [7, 11) is -0.226. The van der Waals surface area contributed by atoms with Gasteiger partial charge in [-0.25, -0.2) is 8.42 Å². The van der Waals surface area contributed by atoms with Gasteiger partial charge in [0.1, 0.15) is 5.75 Å². The van der Waals surface area contributed by atoms with Crippen molar-refractivity contribution in [1.29, 1.82) is 0 Å². The van der Waals surface area contributed by atoms with Crippen LogP contribution in [0.5, 0.6) is 5.75 Å². The minimum atomic E-state index is -3.38. The van der Waals surface area contributed by atoms with Gasteiger partial charge >= 0.3 is 0 Å². The summed E-state index contributed by atoms with van der Waals surface area (Å²) in [4.78, 5) is 0. The van der Waals surface area contributed by atoms with E-state index < -0.39 is 15.3 Å². The van der Waals surface area contributed by atoms with Crippen molar-refractivity contribution in [3.63, 3.8) is 0 Å². The van der Waals surface area contributed by atoms with E-state index in [1.54, 1.807) is 45.3 Å². The molecule has 0 bridgehead atoms. The lowest BCUT2D eigenvalue weighted by Crippen LogP contribution is -2.41. The van der Waals surface area contributed by atoms with E-state index in [1.807, 2.05) is 13.8 Å². The molecule has 5 nitrogen and oxygen atoms in total. The van der Waals surface area contributed by atoms with Gasteiger partial charge in [-0.05, 0) is 31.2 Å². The van der Waals surface area contributed by atoms with Crippen LogP contribution in [-0.2, 0) is 10.0 Å². The van der Waals surface area contributed by atoms with E-state index in [4.69, 9.17) is 4.74 Å². The summed E-state index contributed by atoms with van der Waals surface area (Å²) in [5, 5.41) is 2.66. The van der Waals surface area contributed by atoms with Gasteiger partial charge in [-0.1, -0.05) is 13.8 Å². The number of nitrogens with zero attached hydrogens (tertiary/aromatic N) is 1. The van der Waals surface area contributed by atoms with Crippen LogP contribution in [0.25, 0.3) is 0 Å². The number of sulfonamides is 1. The van der Waals surface area contributed by atoms with E-state index >= 15 is 0 Å². The lowest BCUT2D eigenvalue weighted by atomic mass is 10.3. The highest BCUT2D eigenvalue weighted by Gasteiger charge is 2.26. The van der Waals surface area contributed by atoms with E-state index in [0.29, 0.717) is 18.0 Å². The van der Waals surface area contributed by atoms with Crippen molar-refractivity contribution < 1.29 is 13.2 Å². The molecule has 6 heteroatoms. The number of rotatable bonds is 7. The normalized spacial score (nSPS) is 13.3. The average Bonchev–Trinajstić information content (AvgIpc) is 2.43. The summed E-state index contributed by atoms with van der Waals surface area (Å²) in [5.74, 6) is 0.703. The van der Waals surface area contributed by atoms with Crippen LogP contribution < -0.4 is 14.4 Å². The fourth-order valence-electron chi connectivity index (χ4n) is 1.72. The maximum atomic E-state index is 12.5. The van der Waals surface area contributed by atoms with Crippen LogP contribution in [-0.4, -0.2) is 40.4 Å². The zero-order valence-electron chi connectivity index (χ0n) is 12.8. The molecular formula is C14H24N2O3S. The number of hydrogen-bond donors (Lipinski definition) is 1. The molecule has 1 N–H and O–H groups in total. The summed E-state index contributed by atoms with van der Waals surface area (Å²) >= 11 is 0. The van der Waals surface area contributed by atoms with Gasteiger partial charge < -0.3 is 10.1 Å². The lowest BCUT2D eigenvalue weighted by Gasteiger charge is -2.24. The lowest BCUT2D eigenvalue weighted by molar-refractivity contribution is 0.415. The number of ether oxygens (including phenoxy) is 1. The van der Waals surface area contributed by atoms with Crippen LogP contribution in [0.15, 0.2) is 24.3 Å². The van der Waals surface area contributed by atoms with Crippen LogP contribution >= 0.6 is 0 Å². The third-order valence-electron chi connectivity index (χ3n) is 3.14. The molecule has 0 aliphatic carbocycles. The molecule has 20 heavy (non-hydrogen) atoms. The Labute approximate surface area is 122 Å². The smallest absolute Gasteiger partial charge is 0.238 e. The Morgan fingerprint density at radius 2 is 1.75 bits per heavy atom. The Balaban J connectivity index is 2.84. The van der Waals surface area contributed by atoms with E-state index in [1.165, 1.54) is 4.31 Å².